The first-order chi connectivity index (χ1) is 7.83. The summed E-state index contributed by atoms with van der Waals surface area (Å²) in [6.45, 7) is 2.86. The van der Waals surface area contributed by atoms with Gasteiger partial charge in [-0.15, -0.1) is 10.2 Å². The zero-order valence-electron chi connectivity index (χ0n) is 9.16. The molecule has 0 saturated heterocycles. The fraction of sp³-hybridized carbons (Fsp3) is 0.333. The van der Waals surface area contributed by atoms with Crippen molar-refractivity contribution in [1.82, 2.24) is 10.2 Å². The van der Waals surface area contributed by atoms with Crippen molar-refractivity contribution in [3.8, 4) is 11.5 Å². The second-order valence-corrected chi connectivity index (χ2v) is 4.03. The lowest BCUT2D eigenvalue weighted by Crippen LogP contribution is -2.11. The van der Waals surface area contributed by atoms with Crippen molar-refractivity contribution < 1.29 is 4.42 Å². The number of anilines is 1. The molecule has 0 fully saturated rings. The van der Waals surface area contributed by atoms with Gasteiger partial charge in [-0.1, -0.05) is 0 Å². The molecular weight excluding hydrogens is 202 g/mol. The molecule has 0 unspecified atom stereocenters. The van der Waals surface area contributed by atoms with E-state index in [0.29, 0.717) is 11.8 Å². The van der Waals surface area contributed by atoms with Crippen LogP contribution in [0.2, 0.25) is 0 Å². The molecule has 3 rings (SSSR count). The van der Waals surface area contributed by atoms with Gasteiger partial charge in [-0.25, -0.2) is 0 Å². The molecule has 4 heteroatoms. The minimum absolute atomic E-state index is 0.603. The van der Waals surface area contributed by atoms with E-state index in [9.17, 15) is 0 Å². The lowest BCUT2D eigenvalue weighted by Gasteiger charge is -2.17. The largest absolute Gasteiger partial charge is 0.421 e. The molecule has 0 spiro atoms. The highest BCUT2D eigenvalue weighted by molar-refractivity contribution is 5.63. The molecule has 1 aromatic carbocycles. The molecule has 2 aromatic rings. The summed E-state index contributed by atoms with van der Waals surface area (Å²) in [5.74, 6) is 1.21. The van der Waals surface area contributed by atoms with Crippen molar-refractivity contribution in [2.45, 2.75) is 19.8 Å². The van der Waals surface area contributed by atoms with Gasteiger partial charge in [0.05, 0.1) is 0 Å². The van der Waals surface area contributed by atoms with Crippen LogP contribution in [0.1, 0.15) is 17.9 Å². The summed E-state index contributed by atoms with van der Waals surface area (Å²) in [6, 6.07) is 6.24. The van der Waals surface area contributed by atoms with Crippen molar-refractivity contribution in [1.29, 1.82) is 0 Å². The van der Waals surface area contributed by atoms with Crippen molar-refractivity contribution in [2.24, 2.45) is 0 Å². The van der Waals surface area contributed by atoms with Crippen molar-refractivity contribution in [3.05, 3.63) is 29.7 Å². The normalized spacial score (nSPS) is 14.3. The number of aryl methyl sites for hydroxylation is 2. The summed E-state index contributed by atoms with van der Waals surface area (Å²) in [4.78, 5) is 0. The predicted molar refractivity (Wildman–Crippen MR) is 61.3 cm³/mol. The summed E-state index contributed by atoms with van der Waals surface area (Å²) >= 11 is 0. The maximum Gasteiger partial charge on any atom is 0.247 e. The van der Waals surface area contributed by atoms with Gasteiger partial charge in [-0.2, -0.15) is 0 Å². The number of fused-ring (bicyclic) bond motifs is 1. The minimum atomic E-state index is 0.603. The molecule has 1 N–H and O–H groups in total. The molecule has 0 amide bonds. The number of aromatic nitrogens is 2. The maximum atomic E-state index is 5.42. The van der Waals surface area contributed by atoms with Crippen LogP contribution in [0.15, 0.2) is 22.6 Å². The van der Waals surface area contributed by atoms with Crippen LogP contribution in [0, 0.1) is 6.92 Å². The third-order valence-corrected chi connectivity index (χ3v) is 2.82. The van der Waals surface area contributed by atoms with Gasteiger partial charge < -0.3 is 9.73 Å². The minimum Gasteiger partial charge on any atom is -0.421 e. The highest BCUT2D eigenvalue weighted by Gasteiger charge is 2.12. The molecule has 0 atom stereocenters. The van der Waals surface area contributed by atoms with E-state index in [1.54, 1.807) is 6.92 Å². The number of nitrogens with zero attached hydrogens (tertiary/aromatic N) is 2. The van der Waals surface area contributed by atoms with E-state index >= 15 is 0 Å². The van der Waals surface area contributed by atoms with Crippen LogP contribution >= 0.6 is 0 Å². The molecule has 16 heavy (non-hydrogen) atoms. The number of nitrogens with one attached hydrogen (secondary N) is 1. The Kier molecular flexibility index (Phi) is 2.13. The van der Waals surface area contributed by atoms with E-state index in [-0.39, 0.29) is 0 Å². The van der Waals surface area contributed by atoms with Crippen LogP contribution < -0.4 is 5.32 Å². The molecule has 1 aliphatic heterocycles. The SMILES string of the molecule is Cc1nnc(-c2ccc3c(c2)CCCN3)o1. The van der Waals surface area contributed by atoms with Gasteiger partial charge in [-0.3, -0.25) is 0 Å². The summed E-state index contributed by atoms with van der Waals surface area (Å²) in [6.07, 6.45) is 2.29. The topological polar surface area (TPSA) is 51.0 Å². The monoisotopic (exact) mass is 215 g/mol. The van der Waals surface area contributed by atoms with Crippen LogP contribution in [0.25, 0.3) is 11.5 Å². The maximum absolute atomic E-state index is 5.42. The number of rotatable bonds is 1. The second-order valence-electron chi connectivity index (χ2n) is 4.03. The molecule has 1 aliphatic rings. The average molecular weight is 215 g/mol. The van der Waals surface area contributed by atoms with E-state index < -0.39 is 0 Å². The Morgan fingerprint density at radius 3 is 3.06 bits per heavy atom. The molecule has 82 valence electrons. The summed E-state index contributed by atoms with van der Waals surface area (Å²) in [7, 11) is 0. The van der Waals surface area contributed by atoms with Gasteiger partial charge in [0.15, 0.2) is 0 Å². The Bertz CT molecular complexity index is 519. The second kappa shape index (κ2) is 3.63. The quantitative estimate of drug-likeness (QED) is 0.793. The fourth-order valence-electron chi connectivity index (χ4n) is 2.02. The van der Waals surface area contributed by atoms with Gasteiger partial charge in [-0.05, 0) is 36.6 Å². The highest BCUT2D eigenvalue weighted by atomic mass is 16.4. The van der Waals surface area contributed by atoms with E-state index in [1.165, 1.54) is 17.7 Å². The lowest BCUT2D eigenvalue weighted by molar-refractivity contribution is 0.532. The third kappa shape index (κ3) is 1.56. The molecule has 0 bridgehead atoms. The smallest absolute Gasteiger partial charge is 0.247 e. The number of hydrogen-bond acceptors (Lipinski definition) is 4. The van der Waals surface area contributed by atoms with Crippen LogP contribution in [0.4, 0.5) is 5.69 Å². The zero-order chi connectivity index (χ0) is 11.0. The zero-order valence-corrected chi connectivity index (χ0v) is 9.16. The van der Waals surface area contributed by atoms with E-state index in [1.807, 2.05) is 6.07 Å². The van der Waals surface area contributed by atoms with Gasteiger partial charge in [0.1, 0.15) is 0 Å². The summed E-state index contributed by atoms with van der Waals surface area (Å²) in [5.41, 5.74) is 3.56. The molecule has 0 radical (unpaired) electrons. The van der Waals surface area contributed by atoms with Gasteiger partial charge in [0.25, 0.3) is 0 Å². The average Bonchev–Trinajstić information content (AvgIpc) is 2.75. The Hall–Kier alpha value is -1.84. The first kappa shape index (κ1) is 9.39. The van der Waals surface area contributed by atoms with Crippen molar-refractivity contribution >= 4 is 5.69 Å². The number of hydrogen-bond donors (Lipinski definition) is 1. The Morgan fingerprint density at radius 1 is 1.31 bits per heavy atom. The highest BCUT2D eigenvalue weighted by Crippen LogP contribution is 2.27. The van der Waals surface area contributed by atoms with Gasteiger partial charge >= 0.3 is 0 Å². The Labute approximate surface area is 93.7 Å². The first-order valence-corrected chi connectivity index (χ1v) is 5.50. The molecule has 0 aliphatic carbocycles. The number of benzene rings is 1. The van der Waals surface area contributed by atoms with Crippen LogP contribution in [0.3, 0.4) is 0 Å². The van der Waals surface area contributed by atoms with Gasteiger partial charge in [0, 0.05) is 24.7 Å². The fourth-order valence-corrected chi connectivity index (χ4v) is 2.02. The third-order valence-electron chi connectivity index (χ3n) is 2.82. The molecule has 0 saturated carbocycles. The predicted octanol–water partition coefficient (Wildman–Crippen LogP) is 2.40. The molecular formula is C12H13N3O. The van der Waals surface area contributed by atoms with Gasteiger partial charge in [0.2, 0.25) is 11.8 Å². The van der Waals surface area contributed by atoms with Crippen LogP contribution in [0.5, 0.6) is 0 Å². The van der Waals surface area contributed by atoms with Crippen LogP contribution in [-0.4, -0.2) is 16.7 Å². The van der Waals surface area contributed by atoms with E-state index in [4.69, 9.17) is 4.42 Å². The summed E-state index contributed by atoms with van der Waals surface area (Å²) < 4.78 is 5.42. The Morgan fingerprint density at radius 2 is 2.25 bits per heavy atom. The van der Waals surface area contributed by atoms with Crippen molar-refractivity contribution in [3.63, 3.8) is 0 Å². The lowest BCUT2D eigenvalue weighted by atomic mass is 10.0. The summed E-state index contributed by atoms with van der Waals surface area (Å²) in [5, 5.41) is 11.3. The Balaban J connectivity index is 2.02. The van der Waals surface area contributed by atoms with E-state index in [0.717, 1.165) is 18.5 Å². The molecule has 2 heterocycles. The molecule has 1 aromatic heterocycles. The van der Waals surface area contributed by atoms with Crippen LogP contribution in [-0.2, 0) is 6.42 Å². The van der Waals surface area contributed by atoms with E-state index in [2.05, 4.69) is 27.6 Å². The molecule has 4 nitrogen and oxygen atoms in total. The van der Waals surface area contributed by atoms with Crippen molar-refractivity contribution in [2.75, 3.05) is 11.9 Å². The standard InChI is InChI=1S/C12H13N3O/c1-8-14-15-12(16-8)10-4-5-11-9(7-10)3-2-6-13-11/h4-5,7,13H,2-3,6H2,1H3. The first-order valence-electron chi connectivity index (χ1n) is 5.50.